The Kier molecular flexibility index (Phi) is 8.08. The molecule has 0 aliphatic heterocycles. The Labute approximate surface area is 198 Å². The summed E-state index contributed by atoms with van der Waals surface area (Å²) in [5.74, 6) is -0.870. The Morgan fingerprint density at radius 3 is 2.41 bits per heavy atom. The van der Waals surface area contributed by atoms with Crippen LogP contribution in [0.2, 0.25) is 0 Å². The SMILES string of the molecule is COc1cc(OC)c([N+](=O)[O-])cc1C=NNC(=O)C(=Cc1cccs1)NC(=O)c1ccccc1. The number of ether oxygens (including phenoxy) is 2. The molecule has 0 radical (unpaired) electrons. The fourth-order valence-electron chi connectivity index (χ4n) is 2.83. The number of thiophene rings is 1. The third kappa shape index (κ3) is 6.04. The van der Waals surface area contributed by atoms with Gasteiger partial charge in [0.1, 0.15) is 11.4 Å². The van der Waals surface area contributed by atoms with Crippen LogP contribution in [0.25, 0.3) is 6.08 Å². The van der Waals surface area contributed by atoms with Crippen molar-refractivity contribution in [2.75, 3.05) is 14.2 Å². The van der Waals surface area contributed by atoms with Crippen LogP contribution in [0.5, 0.6) is 11.5 Å². The van der Waals surface area contributed by atoms with Crippen molar-refractivity contribution in [2.45, 2.75) is 0 Å². The molecule has 34 heavy (non-hydrogen) atoms. The summed E-state index contributed by atoms with van der Waals surface area (Å²) in [6.07, 6.45) is 2.72. The summed E-state index contributed by atoms with van der Waals surface area (Å²) in [5.41, 5.74) is 2.63. The molecule has 0 bridgehead atoms. The van der Waals surface area contributed by atoms with Gasteiger partial charge >= 0.3 is 5.69 Å². The van der Waals surface area contributed by atoms with E-state index in [-0.39, 0.29) is 28.4 Å². The Morgan fingerprint density at radius 1 is 1.06 bits per heavy atom. The fourth-order valence-corrected chi connectivity index (χ4v) is 3.49. The molecular weight excluding hydrogens is 460 g/mol. The first-order chi connectivity index (χ1) is 16.4. The zero-order valence-corrected chi connectivity index (χ0v) is 19.0. The van der Waals surface area contributed by atoms with Gasteiger partial charge in [0.2, 0.25) is 5.75 Å². The molecule has 2 aromatic carbocycles. The number of nitrogens with one attached hydrogen (secondary N) is 2. The van der Waals surface area contributed by atoms with Gasteiger partial charge in [0, 0.05) is 28.1 Å². The molecule has 0 aliphatic rings. The summed E-state index contributed by atoms with van der Waals surface area (Å²) < 4.78 is 10.2. The lowest BCUT2D eigenvalue weighted by Gasteiger charge is -2.09. The van der Waals surface area contributed by atoms with E-state index < -0.39 is 16.7 Å². The van der Waals surface area contributed by atoms with E-state index >= 15 is 0 Å². The topological polar surface area (TPSA) is 132 Å². The minimum absolute atomic E-state index is 0.0211. The van der Waals surface area contributed by atoms with E-state index in [1.807, 2.05) is 11.4 Å². The number of methoxy groups -OCH3 is 2. The lowest BCUT2D eigenvalue weighted by atomic mass is 10.1. The van der Waals surface area contributed by atoms with Gasteiger partial charge in [-0.2, -0.15) is 5.10 Å². The zero-order valence-electron chi connectivity index (χ0n) is 18.2. The molecule has 0 saturated carbocycles. The number of rotatable bonds is 9. The molecule has 0 aliphatic carbocycles. The minimum Gasteiger partial charge on any atom is -0.496 e. The van der Waals surface area contributed by atoms with Crippen molar-refractivity contribution in [3.63, 3.8) is 0 Å². The van der Waals surface area contributed by atoms with E-state index in [4.69, 9.17) is 9.47 Å². The summed E-state index contributed by atoms with van der Waals surface area (Å²) in [6.45, 7) is 0. The van der Waals surface area contributed by atoms with E-state index in [0.717, 1.165) is 4.88 Å². The van der Waals surface area contributed by atoms with Crippen molar-refractivity contribution in [1.82, 2.24) is 10.7 Å². The van der Waals surface area contributed by atoms with Crippen molar-refractivity contribution < 1.29 is 24.0 Å². The van der Waals surface area contributed by atoms with Crippen molar-refractivity contribution in [3.05, 3.63) is 91.8 Å². The molecule has 1 heterocycles. The standard InChI is InChI=1S/C23H20N4O6S/c1-32-20-13-21(33-2)19(27(30)31)11-16(20)14-24-26-23(29)18(12-17-9-6-10-34-17)25-22(28)15-7-4-3-5-8-15/h3-14H,1-2H3,(H,25,28)(H,26,29). The van der Waals surface area contributed by atoms with Crippen LogP contribution in [0.3, 0.4) is 0 Å². The number of hydrazone groups is 1. The normalized spacial score (nSPS) is 11.2. The number of hydrogen-bond acceptors (Lipinski definition) is 8. The quantitative estimate of drug-likeness (QED) is 0.208. The summed E-state index contributed by atoms with van der Waals surface area (Å²) >= 11 is 1.39. The van der Waals surface area contributed by atoms with Gasteiger partial charge in [0.15, 0.2) is 0 Å². The number of hydrogen-bond donors (Lipinski definition) is 2. The third-order valence-corrected chi connectivity index (χ3v) is 5.28. The van der Waals surface area contributed by atoms with Crippen LogP contribution in [0, 0.1) is 10.1 Å². The lowest BCUT2D eigenvalue weighted by molar-refractivity contribution is -0.385. The molecule has 1 aromatic heterocycles. The van der Waals surface area contributed by atoms with Crippen molar-refractivity contribution in [2.24, 2.45) is 5.10 Å². The molecule has 0 atom stereocenters. The van der Waals surface area contributed by atoms with E-state index in [2.05, 4.69) is 15.8 Å². The number of nitro groups is 1. The molecule has 0 saturated heterocycles. The summed E-state index contributed by atoms with van der Waals surface area (Å²) in [4.78, 5) is 36.8. The number of benzene rings is 2. The molecule has 0 spiro atoms. The second-order valence-corrected chi connectivity index (χ2v) is 7.60. The van der Waals surface area contributed by atoms with Crippen LogP contribution in [-0.4, -0.2) is 37.2 Å². The van der Waals surface area contributed by atoms with E-state index in [0.29, 0.717) is 5.56 Å². The molecule has 11 heteroatoms. The van der Waals surface area contributed by atoms with Gasteiger partial charge in [-0.15, -0.1) is 11.3 Å². The van der Waals surface area contributed by atoms with Crippen molar-refractivity contribution >= 4 is 41.1 Å². The number of carbonyl (C=O) groups excluding carboxylic acids is 2. The second kappa shape index (κ2) is 11.4. The number of amides is 2. The minimum atomic E-state index is -0.684. The second-order valence-electron chi connectivity index (χ2n) is 6.62. The summed E-state index contributed by atoms with van der Waals surface area (Å²) in [6, 6.07) is 14.6. The highest BCUT2D eigenvalue weighted by Crippen LogP contribution is 2.33. The maximum absolute atomic E-state index is 12.8. The van der Waals surface area contributed by atoms with Gasteiger partial charge in [0.25, 0.3) is 11.8 Å². The molecule has 3 aromatic rings. The van der Waals surface area contributed by atoms with Gasteiger partial charge in [-0.05, 0) is 29.7 Å². The first-order valence-corrected chi connectivity index (χ1v) is 10.7. The Morgan fingerprint density at radius 2 is 1.79 bits per heavy atom. The largest absolute Gasteiger partial charge is 0.496 e. The lowest BCUT2D eigenvalue weighted by Crippen LogP contribution is -2.32. The molecule has 2 N–H and O–H groups in total. The van der Waals surface area contributed by atoms with Crippen LogP contribution in [-0.2, 0) is 4.79 Å². The smallest absolute Gasteiger partial charge is 0.311 e. The monoisotopic (exact) mass is 480 g/mol. The van der Waals surface area contributed by atoms with Gasteiger partial charge < -0.3 is 14.8 Å². The number of nitrogens with zero attached hydrogens (tertiary/aromatic N) is 2. The number of carbonyl (C=O) groups is 2. The molecule has 0 unspecified atom stereocenters. The Bertz CT molecular complexity index is 1240. The van der Waals surface area contributed by atoms with E-state index in [9.17, 15) is 19.7 Å². The van der Waals surface area contributed by atoms with Crippen LogP contribution < -0.4 is 20.2 Å². The van der Waals surface area contributed by atoms with Crippen LogP contribution in [0.4, 0.5) is 5.69 Å². The molecule has 0 fully saturated rings. The Hall–Kier alpha value is -4.51. The summed E-state index contributed by atoms with van der Waals surface area (Å²) in [5, 5.41) is 19.6. The Balaban J connectivity index is 1.82. The predicted octanol–water partition coefficient (Wildman–Crippen LogP) is 3.59. The van der Waals surface area contributed by atoms with Crippen molar-refractivity contribution in [3.8, 4) is 11.5 Å². The zero-order chi connectivity index (χ0) is 24.5. The molecule has 10 nitrogen and oxygen atoms in total. The highest BCUT2D eigenvalue weighted by Gasteiger charge is 2.19. The highest BCUT2D eigenvalue weighted by atomic mass is 32.1. The fraction of sp³-hybridized carbons (Fsp3) is 0.0870. The number of nitro benzene ring substituents is 1. The first-order valence-electron chi connectivity index (χ1n) is 9.78. The molecule has 3 rings (SSSR count). The first kappa shape index (κ1) is 24.1. The maximum atomic E-state index is 12.8. The van der Waals surface area contributed by atoms with Gasteiger partial charge in [-0.25, -0.2) is 5.43 Å². The van der Waals surface area contributed by atoms with Crippen LogP contribution >= 0.6 is 11.3 Å². The van der Waals surface area contributed by atoms with Crippen molar-refractivity contribution in [1.29, 1.82) is 0 Å². The van der Waals surface area contributed by atoms with Gasteiger partial charge in [-0.1, -0.05) is 24.3 Å². The van der Waals surface area contributed by atoms with Crippen LogP contribution in [0.1, 0.15) is 20.8 Å². The molecule has 2 amide bonds. The van der Waals surface area contributed by atoms with Gasteiger partial charge in [0.05, 0.1) is 25.4 Å². The van der Waals surface area contributed by atoms with E-state index in [1.54, 1.807) is 36.4 Å². The molecule has 174 valence electrons. The average Bonchev–Trinajstić information content (AvgIpc) is 3.36. The van der Waals surface area contributed by atoms with Gasteiger partial charge in [-0.3, -0.25) is 19.7 Å². The highest BCUT2D eigenvalue weighted by molar-refractivity contribution is 7.10. The van der Waals surface area contributed by atoms with Crippen LogP contribution in [0.15, 0.2) is 70.8 Å². The maximum Gasteiger partial charge on any atom is 0.311 e. The molecular formula is C23H20N4O6S. The average molecular weight is 481 g/mol. The summed E-state index contributed by atoms with van der Waals surface area (Å²) in [7, 11) is 2.69. The third-order valence-electron chi connectivity index (χ3n) is 4.46. The predicted molar refractivity (Wildman–Crippen MR) is 128 cm³/mol. The van der Waals surface area contributed by atoms with E-state index in [1.165, 1.54) is 50.0 Å².